The van der Waals surface area contributed by atoms with Gasteiger partial charge in [0.2, 0.25) is 11.8 Å². The van der Waals surface area contributed by atoms with E-state index in [1.165, 1.54) is 17.0 Å². The highest BCUT2D eigenvalue weighted by Crippen LogP contribution is 2.50. The molecule has 2 unspecified atom stereocenters. The van der Waals surface area contributed by atoms with Gasteiger partial charge in [0.15, 0.2) is 0 Å². The highest BCUT2D eigenvalue weighted by molar-refractivity contribution is 6.33. The van der Waals surface area contributed by atoms with Gasteiger partial charge in [0, 0.05) is 54.7 Å². The maximum atomic E-state index is 13.1. The Kier molecular flexibility index (Phi) is 6.80. The summed E-state index contributed by atoms with van der Waals surface area (Å²) in [7, 11) is 0. The summed E-state index contributed by atoms with van der Waals surface area (Å²) in [4.78, 5) is 40.6. The third-order valence-electron chi connectivity index (χ3n) is 8.31. The van der Waals surface area contributed by atoms with Gasteiger partial charge in [0.1, 0.15) is 6.04 Å². The first kappa shape index (κ1) is 27.6. The molecule has 3 aliphatic heterocycles. The lowest BCUT2D eigenvalue weighted by Gasteiger charge is -2.51. The first-order valence-corrected chi connectivity index (χ1v) is 13.2. The van der Waals surface area contributed by atoms with E-state index in [1.807, 2.05) is 13.8 Å². The second kappa shape index (κ2) is 9.60. The van der Waals surface area contributed by atoms with Gasteiger partial charge in [-0.3, -0.25) is 24.6 Å². The number of carbonyl (C=O) groups is 3. The molecule has 3 aliphatic rings. The van der Waals surface area contributed by atoms with Crippen molar-refractivity contribution >= 4 is 29.3 Å². The highest BCUT2D eigenvalue weighted by Gasteiger charge is 2.51. The summed E-state index contributed by atoms with van der Waals surface area (Å²) in [5.74, 6) is -1.22. The van der Waals surface area contributed by atoms with Gasteiger partial charge in [0.25, 0.3) is 5.91 Å². The third kappa shape index (κ3) is 4.83. The topological polar surface area (TPSA) is 89.9 Å². The minimum atomic E-state index is -4.39. The molecule has 2 atom stereocenters. The zero-order chi connectivity index (χ0) is 28.3. The predicted octanol–water partition coefficient (Wildman–Crippen LogP) is 4.24. The number of hydrogen-bond acceptors (Lipinski definition) is 5. The van der Waals surface area contributed by atoms with Crippen LogP contribution in [0.4, 0.5) is 13.2 Å². The zero-order valence-corrected chi connectivity index (χ0v) is 22.3. The van der Waals surface area contributed by atoms with E-state index in [0.717, 1.165) is 17.7 Å². The third-order valence-corrected chi connectivity index (χ3v) is 8.74. The molecule has 0 aliphatic carbocycles. The van der Waals surface area contributed by atoms with E-state index in [-0.39, 0.29) is 36.2 Å². The molecule has 208 valence electrons. The van der Waals surface area contributed by atoms with Gasteiger partial charge < -0.3 is 10.0 Å². The molecule has 7 nitrogen and oxygen atoms in total. The normalized spacial score (nSPS) is 25.6. The standard InChI is InChI=1S/C28H29ClF3N3O4/c1-26(2)15-34(13-16-3-5-17(6-4-16)28(30,31)32)12-11-27(26,39)20-8-7-18-19(23(20)29)14-35(25(18)38)21-9-10-22(36)33-24(21)37/h3-8,21,39H,9-15H2,1-2H3,(H,33,36,37). The largest absolute Gasteiger partial charge is 0.416 e. The number of hydrogen-bond donors (Lipinski definition) is 2. The molecule has 0 bridgehead atoms. The number of carbonyl (C=O) groups excluding carboxylic acids is 3. The fourth-order valence-corrected chi connectivity index (χ4v) is 6.42. The minimum Gasteiger partial charge on any atom is -0.384 e. The van der Waals surface area contributed by atoms with Gasteiger partial charge in [-0.25, -0.2) is 0 Å². The average Bonchev–Trinajstić information content (AvgIpc) is 3.18. The van der Waals surface area contributed by atoms with Gasteiger partial charge in [-0.1, -0.05) is 43.6 Å². The van der Waals surface area contributed by atoms with E-state index in [0.29, 0.717) is 42.7 Å². The SMILES string of the molecule is CC1(C)CN(Cc2ccc(C(F)(F)F)cc2)CCC1(O)c1ccc2c(c1Cl)CN(C1CCC(=O)NC1=O)C2=O. The summed E-state index contributed by atoms with van der Waals surface area (Å²) in [5.41, 5.74) is -0.566. The van der Waals surface area contributed by atoms with E-state index in [2.05, 4.69) is 10.2 Å². The number of likely N-dealkylation sites (tertiary alicyclic amines) is 1. The Hall–Kier alpha value is -2.95. The van der Waals surface area contributed by atoms with Gasteiger partial charge in [-0.15, -0.1) is 0 Å². The van der Waals surface area contributed by atoms with Crippen LogP contribution in [0.25, 0.3) is 0 Å². The maximum Gasteiger partial charge on any atom is 0.416 e. The van der Waals surface area contributed by atoms with Crippen LogP contribution in [0.1, 0.15) is 65.7 Å². The number of imide groups is 1. The molecule has 3 heterocycles. The monoisotopic (exact) mass is 563 g/mol. The van der Waals surface area contributed by atoms with Crippen LogP contribution in [-0.2, 0) is 34.5 Å². The quantitative estimate of drug-likeness (QED) is 0.543. The summed E-state index contributed by atoms with van der Waals surface area (Å²) in [5, 5.41) is 14.6. The maximum absolute atomic E-state index is 13.1. The van der Waals surface area contributed by atoms with Crippen LogP contribution in [-0.4, -0.2) is 51.8 Å². The van der Waals surface area contributed by atoms with Crippen LogP contribution in [0.3, 0.4) is 0 Å². The highest BCUT2D eigenvalue weighted by atomic mass is 35.5. The number of piperidine rings is 2. The lowest BCUT2D eigenvalue weighted by molar-refractivity contribution is -0.138. The van der Waals surface area contributed by atoms with Crippen LogP contribution >= 0.6 is 11.6 Å². The number of benzene rings is 2. The van der Waals surface area contributed by atoms with Gasteiger partial charge in [-0.2, -0.15) is 13.2 Å². The lowest BCUT2D eigenvalue weighted by atomic mass is 9.66. The van der Waals surface area contributed by atoms with Gasteiger partial charge in [-0.05, 0) is 36.6 Å². The molecular formula is C28H29ClF3N3O4. The number of amides is 3. The fourth-order valence-electron chi connectivity index (χ4n) is 6.04. The van der Waals surface area contributed by atoms with Crippen molar-refractivity contribution < 1.29 is 32.7 Å². The zero-order valence-electron chi connectivity index (χ0n) is 21.6. The molecule has 2 saturated heterocycles. The molecule has 0 saturated carbocycles. The molecular weight excluding hydrogens is 535 g/mol. The van der Waals surface area contributed by atoms with Crippen LogP contribution in [0.5, 0.6) is 0 Å². The van der Waals surface area contributed by atoms with Crippen molar-refractivity contribution in [2.45, 2.75) is 64.0 Å². The first-order valence-electron chi connectivity index (χ1n) is 12.8. The van der Waals surface area contributed by atoms with E-state index in [1.54, 1.807) is 12.1 Å². The number of alkyl halides is 3. The van der Waals surface area contributed by atoms with E-state index < -0.39 is 34.7 Å². The van der Waals surface area contributed by atoms with E-state index in [4.69, 9.17) is 11.6 Å². The summed E-state index contributed by atoms with van der Waals surface area (Å²) in [6, 6.07) is 7.62. The molecule has 3 amide bonds. The Morgan fingerprint density at radius 2 is 1.79 bits per heavy atom. The Morgan fingerprint density at radius 3 is 2.41 bits per heavy atom. The molecule has 2 fully saturated rings. The van der Waals surface area contributed by atoms with Crippen molar-refractivity contribution in [1.29, 1.82) is 0 Å². The number of aliphatic hydroxyl groups is 1. The van der Waals surface area contributed by atoms with Gasteiger partial charge in [0.05, 0.1) is 16.2 Å². The summed E-state index contributed by atoms with van der Waals surface area (Å²) in [6.07, 6.45) is -3.68. The Balaban J connectivity index is 1.35. The summed E-state index contributed by atoms with van der Waals surface area (Å²) < 4.78 is 38.7. The van der Waals surface area contributed by atoms with E-state index in [9.17, 15) is 32.7 Å². The number of fused-ring (bicyclic) bond motifs is 1. The summed E-state index contributed by atoms with van der Waals surface area (Å²) >= 11 is 6.85. The van der Waals surface area contributed by atoms with Crippen LogP contribution < -0.4 is 5.32 Å². The Bertz CT molecular complexity index is 1340. The number of nitrogens with zero attached hydrogens (tertiary/aromatic N) is 2. The molecule has 11 heteroatoms. The fraction of sp³-hybridized carbons (Fsp3) is 0.464. The second-order valence-corrected chi connectivity index (χ2v) is 11.6. The second-order valence-electron chi connectivity index (χ2n) is 11.3. The summed E-state index contributed by atoms with van der Waals surface area (Å²) in [6.45, 7) is 5.30. The van der Waals surface area contributed by atoms with Crippen molar-refractivity contribution in [3.8, 4) is 0 Å². The van der Waals surface area contributed by atoms with Crippen LogP contribution in [0.15, 0.2) is 36.4 Å². The van der Waals surface area contributed by atoms with Crippen molar-refractivity contribution in [3.63, 3.8) is 0 Å². The molecule has 2 N–H and O–H groups in total. The average molecular weight is 564 g/mol. The van der Waals surface area contributed by atoms with Crippen molar-refractivity contribution in [3.05, 3.63) is 69.2 Å². The van der Waals surface area contributed by atoms with Crippen molar-refractivity contribution in [2.75, 3.05) is 13.1 Å². The molecule has 39 heavy (non-hydrogen) atoms. The van der Waals surface area contributed by atoms with Crippen LogP contribution in [0, 0.1) is 5.41 Å². The van der Waals surface area contributed by atoms with Crippen molar-refractivity contribution in [1.82, 2.24) is 15.1 Å². The van der Waals surface area contributed by atoms with E-state index >= 15 is 0 Å². The Morgan fingerprint density at radius 1 is 1.10 bits per heavy atom. The molecule has 2 aromatic rings. The number of rotatable bonds is 4. The number of nitrogens with one attached hydrogen (secondary N) is 1. The minimum absolute atomic E-state index is 0.101. The first-order chi connectivity index (χ1) is 18.2. The van der Waals surface area contributed by atoms with Gasteiger partial charge >= 0.3 is 6.18 Å². The smallest absolute Gasteiger partial charge is 0.384 e. The number of halogens is 4. The predicted molar refractivity (Wildman–Crippen MR) is 137 cm³/mol. The molecule has 0 aromatic heterocycles. The van der Waals surface area contributed by atoms with Crippen LogP contribution in [0.2, 0.25) is 5.02 Å². The molecule has 0 spiro atoms. The molecule has 0 radical (unpaired) electrons. The Labute approximate surface area is 228 Å². The lowest BCUT2D eigenvalue weighted by Crippen LogP contribution is -2.55. The van der Waals surface area contributed by atoms with Crippen molar-refractivity contribution in [2.24, 2.45) is 5.41 Å². The molecule has 5 rings (SSSR count). The molecule has 2 aromatic carbocycles.